The monoisotopic (exact) mass is 333 g/mol. The van der Waals surface area contributed by atoms with Crippen LogP contribution in [0.15, 0.2) is 5.38 Å². The van der Waals surface area contributed by atoms with Gasteiger partial charge in [0.2, 0.25) is 5.91 Å². The Hall–Kier alpha value is -1.15. The predicted octanol–water partition coefficient (Wildman–Crippen LogP) is 2.19. The van der Waals surface area contributed by atoms with Crippen LogP contribution in [0, 0.1) is 17.8 Å². The highest BCUT2D eigenvalue weighted by molar-refractivity contribution is 7.09. The van der Waals surface area contributed by atoms with Gasteiger partial charge < -0.3 is 11.1 Å². The van der Waals surface area contributed by atoms with Gasteiger partial charge in [-0.3, -0.25) is 4.79 Å². The number of nitrogens with zero attached hydrogens (tertiary/aromatic N) is 1. The molecule has 2 fully saturated rings. The molecular weight excluding hydrogens is 315 g/mol. The average molecular weight is 333 g/mol. The number of amides is 1. The molecule has 2 aliphatic carbocycles. The molecule has 122 valence electrons. The van der Waals surface area contributed by atoms with E-state index >= 15 is 0 Å². The zero-order valence-corrected chi connectivity index (χ0v) is 12.7. The number of hydrogen-bond donors (Lipinski definition) is 2. The summed E-state index contributed by atoms with van der Waals surface area (Å²) in [5.74, 6) is 0.624. The lowest BCUT2D eigenvalue weighted by Gasteiger charge is -2.26. The predicted molar refractivity (Wildman–Crippen MR) is 76.1 cm³/mol. The number of hydrogen-bond acceptors (Lipinski definition) is 4. The van der Waals surface area contributed by atoms with Crippen LogP contribution < -0.4 is 11.1 Å². The molecule has 1 amide bonds. The molecule has 0 spiro atoms. The summed E-state index contributed by atoms with van der Waals surface area (Å²) in [6.45, 7) is 0.296. The quantitative estimate of drug-likeness (QED) is 0.887. The maximum absolute atomic E-state index is 12.4. The van der Waals surface area contributed by atoms with Gasteiger partial charge in [-0.2, -0.15) is 13.2 Å². The molecule has 4 unspecified atom stereocenters. The van der Waals surface area contributed by atoms with E-state index < -0.39 is 11.9 Å². The molecule has 0 aromatic carbocycles. The summed E-state index contributed by atoms with van der Waals surface area (Å²) in [4.78, 5) is 15.8. The van der Waals surface area contributed by atoms with Gasteiger partial charge in [0.15, 0.2) is 5.69 Å². The normalized spacial score (nSPS) is 30.7. The van der Waals surface area contributed by atoms with Crippen LogP contribution in [0.25, 0.3) is 0 Å². The first-order chi connectivity index (χ1) is 10.4. The van der Waals surface area contributed by atoms with Crippen LogP contribution in [0.4, 0.5) is 13.2 Å². The molecule has 4 nitrogen and oxygen atoms in total. The maximum Gasteiger partial charge on any atom is 0.434 e. The largest absolute Gasteiger partial charge is 0.434 e. The fourth-order valence-corrected chi connectivity index (χ4v) is 4.50. The van der Waals surface area contributed by atoms with Crippen molar-refractivity contribution in [3.63, 3.8) is 0 Å². The van der Waals surface area contributed by atoms with E-state index in [1.54, 1.807) is 0 Å². The molecule has 2 aliphatic rings. The number of fused-ring (bicyclic) bond motifs is 2. The number of thiazole rings is 1. The van der Waals surface area contributed by atoms with E-state index in [4.69, 9.17) is 5.73 Å². The highest BCUT2D eigenvalue weighted by Gasteiger charge is 2.48. The van der Waals surface area contributed by atoms with Gasteiger partial charge in [0.25, 0.3) is 0 Å². The Balaban J connectivity index is 1.49. The van der Waals surface area contributed by atoms with Gasteiger partial charge in [-0.25, -0.2) is 4.98 Å². The standard InChI is InChI=1S/C14H18F3N3OS/c15-14(16,17)9-6-22-10(20-9)3-4-19-13(21)11-7-1-2-8(5-7)12(11)18/h6-8,11-12H,1-5,18H2,(H,19,21). The number of carbonyl (C=O) groups excluding carboxylic acids is 1. The Labute approximate surface area is 130 Å². The minimum atomic E-state index is -4.41. The molecule has 3 rings (SSSR count). The summed E-state index contributed by atoms with van der Waals surface area (Å²) in [5.41, 5.74) is 5.24. The van der Waals surface area contributed by atoms with E-state index in [1.807, 2.05) is 0 Å². The Kier molecular flexibility index (Phi) is 4.15. The van der Waals surface area contributed by atoms with Crippen molar-refractivity contribution < 1.29 is 18.0 Å². The fourth-order valence-electron chi connectivity index (χ4n) is 3.69. The van der Waals surface area contributed by atoms with Crippen LogP contribution in [-0.2, 0) is 17.4 Å². The van der Waals surface area contributed by atoms with Crippen molar-refractivity contribution in [2.24, 2.45) is 23.5 Å². The van der Waals surface area contributed by atoms with Gasteiger partial charge >= 0.3 is 6.18 Å². The van der Waals surface area contributed by atoms with Gasteiger partial charge in [0, 0.05) is 24.4 Å². The zero-order chi connectivity index (χ0) is 15.9. The first-order valence-corrected chi connectivity index (χ1v) is 8.29. The Bertz CT molecular complexity index is 558. The van der Waals surface area contributed by atoms with Gasteiger partial charge in [0.1, 0.15) is 0 Å². The van der Waals surface area contributed by atoms with Crippen molar-refractivity contribution in [3.05, 3.63) is 16.1 Å². The number of halogens is 3. The van der Waals surface area contributed by atoms with E-state index in [0.29, 0.717) is 29.8 Å². The molecule has 1 aromatic heterocycles. The van der Waals surface area contributed by atoms with Gasteiger partial charge in [-0.05, 0) is 31.1 Å². The smallest absolute Gasteiger partial charge is 0.355 e. The molecule has 3 N–H and O–H groups in total. The number of nitrogens with two attached hydrogens (primary N) is 1. The van der Waals surface area contributed by atoms with Crippen molar-refractivity contribution >= 4 is 17.2 Å². The summed E-state index contributed by atoms with van der Waals surface area (Å²) < 4.78 is 37.3. The van der Waals surface area contributed by atoms with E-state index in [0.717, 1.165) is 36.0 Å². The molecule has 2 saturated carbocycles. The third-order valence-electron chi connectivity index (χ3n) is 4.76. The second kappa shape index (κ2) is 5.81. The molecule has 2 bridgehead atoms. The minimum Gasteiger partial charge on any atom is -0.355 e. The topological polar surface area (TPSA) is 68.0 Å². The number of rotatable bonds is 4. The van der Waals surface area contributed by atoms with Crippen LogP contribution >= 0.6 is 11.3 Å². The third-order valence-corrected chi connectivity index (χ3v) is 5.67. The van der Waals surface area contributed by atoms with Crippen molar-refractivity contribution in [1.82, 2.24) is 10.3 Å². The van der Waals surface area contributed by atoms with Crippen LogP contribution in [-0.4, -0.2) is 23.5 Å². The molecule has 1 heterocycles. The van der Waals surface area contributed by atoms with Gasteiger partial charge in [-0.15, -0.1) is 11.3 Å². The van der Waals surface area contributed by atoms with Gasteiger partial charge in [-0.1, -0.05) is 0 Å². The van der Waals surface area contributed by atoms with Crippen molar-refractivity contribution in [2.45, 2.75) is 37.9 Å². The number of alkyl halides is 3. The first kappa shape index (κ1) is 15.7. The van der Waals surface area contributed by atoms with Crippen molar-refractivity contribution in [3.8, 4) is 0 Å². The summed E-state index contributed by atoms with van der Waals surface area (Å²) in [6.07, 6.45) is -0.913. The van der Waals surface area contributed by atoms with E-state index in [-0.39, 0.29) is 17.9 Å². The van der Waals surface area contributed by atoms with Crippen LogP contribution in [0.2, 0.25) is 0 Å². The van der Waals surface area contributed by atoms with Crippen molar-refractivity contribution in [2.75, 3.05) is 6.54 Å². The van der Waals surface area contributed by atoms with E-state index in [9.17, 15) is 18.0 Å². The lowest BCUT2D eigenvalue weighted by molar-refractivity contribution is -0.140. The number of aromatic nitrogens is 1. The molecule has 4 atom stereocenters. The summed E-state index contributed by atoms with van der Waals surface area (Å²) in [7, 11) is 0. The highest BCUT2D eigenvalue weighted by atomic mass is 32.1. The van der Waals surface area contributed by atoms with Crippen LogP contribution in [0.5, 0.6) is 0 Å². The number of carbonyl (C=O) groups is 1. The Morgan fingerprint density at radius 3 is 2.73 bits per heavy atom. The third kappa shape index (κ3) is 2.99. The molecular formula is C14H18F3N3OS. The minimum absolute atomic E-state index is 0.0627. The first-order valence-electron chi connectivity index (χ1n) is 7.41. The summed E-state index contributed by atoms with van der Waals surface area (Å²) in [5, 5.41) is 4.19. The lowest BCUT2D eigenvalue weighted by Crippen LogP contribution is -2.45. The Morgan fingerprint density at radius 2 is 2.14 bits per heavy atom. The van der Waals surface area contributed by atoms with Crippen molar-refractivity contribution in [1.29, 1.82) is 0 Å². The fraction of sp³-hybridized carbons (Fsp3) is 0.714. The Morgan fingerprint density at radius 1 is 1.41 bits per heavy atom. The lowest BCUT2D eigenvalue weighted by atomic mass is 9.84. The van der Waals surface area contributed by atoms with Crippen LogP contribution in [0.3, 0.4) is 0 Å². The summed E-state index contributed by atoms with van der Waals surface area (Å²) >= 11 is 0.966. The second-order valence-electron chi connectivity index (χ2n) is 6.10. The van der Waals surface area contributed by atoms with Crippen LogP contribution in [0.1, 0.15) is 30.0 Å². The maximum atomic E-state index is 12.4. The SMILES string of the molecule is NC1C2CCC(C2)C1C(=O)NCCc1nc(C(F)(F)F)cs1. The molecule has 0 saturated heterocycles. The van der Waals surface area contributed by atoms with E-state index in [2.05, 4.69) is 10.3 Å². The highest BCUT2D eigenvalue weighted by Crippen LogP contribution is 2.47. The van der Waals surface area contributed by atoms with Gasteiger partial charge in [0.05, 0.1) is 10.9 Å². The second-order valence-corrected chi connectivity index (χ2v) is 7.04. The van der Waals surface area contributed by atoms with E-state index in [1.165, 1.54) is 0 Å². The summed E-state index contributed by atoms with van der Waals surface area (Å²) in [6, 6.07) is -0.0737. The molecule has 22 heavy (non-hydrogen) atoms. The molecule has 1 aromatic rings. The molecule has 8 heteroatoms. The zero-order valence-electron chi connectivity index (χ0n) is 11.9. The molecule has 0 aliphatic heterocycles. The average Bonchev–Trinajstić information content (AvgIpc) is 3.11. The molecule has 0 radical (unpaired) electrons. The number of nitrogens with one attached hydrogen (secondary N) is 1.